The molecule has 1 amide bonds. The highest BCUT2D eigenvalue weighted by Gasteiger charge is 2.18. The molecule has 0 bridgehead atoms. The molecule has 486 valence electrons. The molecule has 0 saturated carbocycles. The second-order valence-electron chi connectivity index (χ2n) is 26.0. The smallest absolute Gasteiger partial charge is 0.305 e. The van der Waals surface area contributed by atoms with Crippen LogP contribution in [0.2, 0.25) is 0 Å². The molecule has 82 heavy (non-hydrogen) atoms. The highest BCUT2D eigenvalue weighted by Crippen LogP contribution is 2.19. The minimum atomic E-state index is -0.845. The number of nitrogens with one attached hydrogen (secondary N) is 1. The van der Waals surface area contributed by atoms with E-state index < -0.39 is 12.1 Å². The predicted octanol–water partition coefficient (Wildman–Crippen LogP) is 24.5. The summed E-state index contributed by atoms with van der Waals surface area (Å²) in [4.78, 5) is 24.6. The maximum atomic E-state index is 12.5. The molecule has 2 atom stereocenters. The molecule has 0 fully saturated rings. The van der Waals surface area contributed by atoms with Gasteiger partial charge in [0.15, 0.2) is 0 Å². The van der Waals surface area contributed by atoms with Gasteiger partial charge in [0, 0.05) is 12.8 Å². The van der Waals surface area contributed by atoms with Crippen molar-refractivity contribution in [3.05, 3.63) is 24.3 Å². The van der Waals surface area contributed by atoms with Crippen LogP contribution in [0.25, 0.3) is 0 Å². The second-order valence-corrected chi connectivity index (χ2v) is 26.0. The quantitative estimate of drug-likeness (QED) is 0.0320. The van der Waals surface area contributed by atoms with Crippen LogP contribution < -0.4 is 5.32 Å². The standard InChI is InChI=1S/C76H147NO5/c1-3-5-7-9-11-13-15-17-19-21-22-23-27-30-33-37-40-44-48-52-56-60-64-68-74(79)73(72-78)77-75(80)69-65-61-57-53-49-45-41-38-34-31-28-25-24-26-29-32-35-39-43-47-51-55-59-63-67-71-82-76(81)70-66-62-58-54-50-46-42-36-20-18-16-14-12-10-8-6-4-2/h18,20,64,68,73-74,78-79H,3-17,19,21-63,65-67,69-72H2,1-2H3,(H,77,80)/b20-18-,68-64+. The Balaban J connectivity index is 3.38. The Morgan fingerprint density at radius 3 is 0.866 bits per heavy atom. The van der Waals surface area contributed by atoms with E-state index in [0.29, 0.717) is 19.4 Å². The molecule has 0 spiro atoms. The monoisotopic (exact) mass is 1150 g/mol. The van der Waals surface area contributed by atoms with Crippen molar-refractivity contribution in [3.63, 3.8) is 0 Å². The van der Waals surface area contributed by atoms with Crippen molar-refractivity contribution in [3.8, 4) is 0 Å². The number of carbonyl (C=O) groups excluding carboxylic acids is 2. The number of esters is 1. The Morgan fingerprint density at radius 2 is 0.573 bits per heavy atom. The molecular formula is C76H147NO5. The van der Waals surface area contributed by atoms with E-state index in [0.717, 1.165) is 44.9 Å². The Morgan fingerprint density at radius 1 is 0.329 bits per heavy atom. The summed E-state index contributed by atoms with van der Waals surface area (Å²) in [5.41, 5.74) is 0. The lowest BCUT2D eigenvalue weighted by atomic mass is 10.0. The second kappa shape index (κ2) is 71.8. The highest BCUT2D eigenvalue weighted by atomic mass is 16.5. The summed E-state index contributed by atoms with van der Waals surface area (Å²) in [6, 6.07) is -0.628. The first-order chi connectivity index (χ1) is 40.5. The summed E-state index contributed by atoms with van der Waals surface area (Å²) in [5.74, 6) is -0.0477. The molecule has 0 aromatic carbocycles. The van der Waals surface area contributed by atoms with Crippen LogP contribution in [-0.4, -0.2) is 47.4 Å². The van der Waals surface area contributed by atoms with Crippen molar-refractivity contribution in [1.82, 2.24) is 5.32 Å². The summed E-state index contributed by atoms with van der Waals surface area (Å²) < 4.78 is 5.51. The first-order valence-corrected chi connectivity index (χ1v) is 37.6. The number of hydrogen-bond acceptors (Lipinski definition) is 5. The van der Waals surface area contributed by atoms with Gasteiger partial charge in [-0.1, -0.05) is 378 Å². The lowest BCUT2D eigenvalue weighted by molar-refractivity contribution is -0.143. The maximum absolute atomic E-state index is 12.5. The topological polar surface area (TPSA) is 95.9 Å². The minimum Gasteiger partial charge on any atom is -0.466 e. The van der Waals surface area contributed by atoms with E-state index in [1.807, 2.05) is 6.08 Å². The first kappa shape index (κ1) is 80.3. The van der Waals surface area contributed by atoms with Crippen molar-refractivity contribution in [2.75, 3.05) is 13.2 Å². The van der Waals surface area contributed by atoms with Crippen molar-refractivity contribution >= 4 is 11.9 Å². The van der Waals surface area contributed by atoms with Crippen LogP contribution in [0.15, 0.2) is 24.3 Å². The van der Waals surface area contributed by atoms with Crippen LogP contribution in [0.4, 0.5) is 0 Å². The van der Waals surface area contributed by atoms with Gasteiger partial charge < -0.3 is 20.3 Å². The summed E-state index contributed by atoms with van der Waals surface area (Å²) >= 11 is 0. The molecule has 0 aromatic rings. The van der Waals surface area contributed by atoms with Gasteiger partial charge in [-0.2, -0.15) is 0 Å². The van der Waals surface area contributed by atoms with Gasteiger partial charge in [0.1, 0.15) is 0 Å². The van der Waals surface area contributed by atoms with Crippen LogP contribution >= 0.6 is 0 Å². The van der Waals surface area contributed by atoms with Gasteiger partial charge in [-0.05, 0) is 57.8 Å². The van der Waals surface area contributed by atoms with E-state index in [9.17, 15) is 19.8 Å². The average Bonchev–Trinajstić information content (AvgIpc) is 3.48. The van der Waals surface area contributed by atoms with Crippen molar-refractivity contribution in [2.45, 2.75) is 437 Å². The molecule has 0 aliphatic rings. The summed E-state index contributed by atoms with van der Waals surface area (Å²) in [6.45, 7) is 4.95. The number of allylic oxidation sites excluding steroid dienone is 3. The van der Waals surface area contributed by atoms with Gasteiger partial charge in [-0.25, -0.2) is 0 Å². The molecule has 0 heterocycles. The van der Waals surface area contributed by atoms with Gasteiger partial charge in [0.05, 0.1) is 25.4 Å². The van der Waals surface area contributed by atoms with Crippen LogP contribution in [0.3, 0.4) is 0 Å². The Labute approximate surface area is 513 Å². The number of unbranched alkanes of at least 4 members (excludes halogenated alkanes) is 58. The minimum absolute atomic E-state index is 0.0137. The summed E-state index contributed by atoms with van der Waals surface area (Å²) in [7, 11) is 0. The van der Waals surface area contributed by atoms with Gasteiger partial charge in [0.2, 0.25) is 5.91 Å². The van der Waals surface area contributed by atoms with Gasteiger partial charge >= 0.3 is 5.97 Å². The van der Waals surface area contributed by atoms with Crippen molar-refractivity contribution < 1.29 is 24.5 Å². The molecule has 2 unspecified atom stereocenters. The summed E-state index contributed by atoms with van der Waals surface area (Å²) in [6.07, 6.45) is 91.3. The van der Waals surface area contributed by atoms with E-state index in [-0.39, 0.29) is 18.5 Å². The lowest BCUT2D eigenvalue weighted by Crippen LogP contribution is -2.45. The molecule has 3 N–H and O–H groups in total. The maximum Gasteiger partial charge on any atom is 0.305 e. The Kier molecular flexibility index (Phi) is 70.4. The number of aliphatic hydroxyl groups is 2. The third kappa shape index (κ3) is 67.5. The third-order valence-electron chi connectivity index (χ3n) is 17.7. The third-order valence-corrected chi connectivity index (χ3v) is 17.7. The number of amides is 1. The van der Waals surface area contributed by atoms with Crippen LogP contribution in [0.5, 0.6) is 0 Å². The van der Waals surface area contributed by atoms with Gasteiger partial charge in [0.25, 0.3) is 0 Å². The zero-order chi connectivity index (χ0) is 59.2. The van der Waals surface area contributed by atoms with Crippen molar-refractivity contribution in [2.24, 2.45) is 0 Å². The molecule has 0 saturated heterocycles. The molecule has 0 aliphatic heterocycles. The SMILES string of the molecule is CCCCCCCC/C=C\CCCCCCCCCC(=O)OCCCCCCCCCCCCCCCCCCCCCCCCCCCC(=O)NC(CO)C(O)/C=C/CCCCCCCCCCCCCCCCCCCCCCC. The molecule has 0 aliphatic carbocycles. The number of ether oxygens (including phenoxy) is 1. The van der Waals surface area contributed by atoms with E-state index >= 15 is 0 Å². The van der Waals surface area contributed by atoms with Gasteiger partial charge in [-0.3, -0.25) is 9.59 Å². The zero-order valence-corrected chi connectivity index (χ0v) is 55.8. The van der Waals surface area contributed by atoms with Gasteiger partial charge in [-0.15, -0.1) is 0 Å². The van der Waals surface area contributed by atoms with Crippen LogP contribution in [0, 0.1) is 0 Å². The first-order valence-electron chi connectivity index (χ1n) is 37.6. The molecular weight excluding hydrogens is 1010 g/mol. The largest absolute Gasteiger partial charge is 0.466 e. The van der Waals surface area contributed by atoms with Crippen LogP contribution in [-0.2, 0) is 14.3 Å². The molecule has 0 aromatic heterocycles. The Hall–Kier alpha value is -1.66. The summed E-state index contributed by atoms with van der Waals surface area (Å²) in [5, 5.41) is 23.3. The van der Waals surface area contributed by atoms with E-state index in [1.54, 1.807) is 6.08 Å². The normalized spacial score (nSPS) is 12.6. The molecule has 6 heteroatoms. The number of aliphatic hydroxyl groups excluding tert-OH is 2. The fraction of sp³-hybridized carbons (Fsp3) is 0.921. The van der Waals surface area contributed by atoms with Crippen LogP contribution in [0.1, 0.15) is 425 Å². The predicted molar refractivity (Wildman–Crippen MR) is 361 cm³/mol. The Bertz CT molecular complexity index is 1280. The van der Waals surface area contributed by atoms with E-state index in [1.165, 1.54) is 353 Å². The molecule has 6 nitrogen and oxygen atoms in total. The molecule has 0 radical (unpaired) electrons. The average molecular weight is 1160 g/mol. The zero-order valence-electron chi connectivity index (χ0n) is 55.8. The fourth-order valence-electron chi connectivity index (χ4n) is 12.0. The molecule has 0 rings (SSSR count). The fourth-order valence-corrected chi connectivity index (χ4v) is 12.0. The van der Waals surface area contributed by atoms with E-state index in [4.69, 9.17) is 4.74 Å². The van der Waals surface area contributed by atoms with E-state index in [2.05, 4.69) is 31.3 Å². The number of rotatable bonds is 71. The lowest BCUT2D eigenvalue weighted by Gasteiger charge is -2.20. The van der Waals surface area contributed by atoms with Crippen molar-refractivity contribution in [1.29, 1.82) is 0 Å². The number of hydrogen-bond donors (Lipinski definition) is 3. The highest BCUT2D eigenvalue weighted by molar-refractivity contribution is 5.76. The number of carbonyl (C=O) groups is 2.